The molecule has 0 radical (unpaired) electrons. The second kappa shape index (κ2) is 6.37. The van der Waals surface area contributed by atoms with Gasteiger partial charge in [-0.05, 0) is 36.1 Å². The van der Waals surface area contributed by atoms with Crippen LogP contribution in [0.1, 0.15) is 11.1 Å². The Kier molecular flexibility index (Phi) is 4.81. The van der Waals surface area contributed by atoms with Gasteiger partial charge in [0.25, 0.3) is 0 Å². The molecule has 0 saturated carbocycles. The SMILES string of the molecule is NC(Cc1ccccc1)Cc1ccc(Br)cc1Cl. The van der Waals surface area contributed by atoms with Crippen molar-refractivity contribution in [3.8, 4) is 0 Å². The molecule has 1 nitrogen and oxygen atoms in total. The van der Waals surface area contributed by atoms with Gasteiger partial charge in [0.1, 0.15) is 0 Å². The maximum atomic E-state index is 6.19. The molecular formula is C15H15BrClN. The number of hydrogen-bond donors (Lipinski definition) is 1. The Morgan fingerprint density at radius 1 is 1.06 bits per heavy atom. The molecule has 0 aromatic heterocycles. The maximum Gasteiger partial charge on any atom is 0.0449 e. The summed E-state index contributed by atoms with van der Waals surface area (Å²) in [5, 5.41) is 0.771. The van der Waals surface area contributed by atoms with E-state index in [1.807, 2.05) is 36.4 Å². The van der Waals surface area contributed by atoms with Crippen LogP contribution in [0, 0.1) is 0 Å². The van der Waals surface area contributed by atoms with Crippen LogP contribution >= 0.6 is 27.5 Å². The monoisotopic (exact) mass is 323 g/mol. The molecule has 0 fully saturated rings. The van der Waals surface area contributed by atoms with Crippen molar-refractivity contribution < 1.29 is 0 Å². The van der Waals surface area contributed by atoms with E-state index in [1.54, 1.807) is 0 Å². The molecule has 0 amide bonds. The van der Waals surface area contributed by atoms with E-state index in [0.29, 0.717) is 0 Å². The van der Waals surface area contributed by atoms with Crippen LogP contribution in [0.5, 0.6) is 0 Å². The molecule has 0 aliphatic rings. The summed E-state index contributed by atoms with van der Waals surface area (Å²) in [6.07, 6.45) is 1.66. The lowest BCUT2D eigenvalue weighted by atomic mass is 10.00. The zero-order valence-electron chi connectivity index (χ0n) is 9.94. The summed E-state index contributed by atoms with van der Waals surface area (Å²) < 4.78 is 0.993. The van der Waals surface area contributed by atoms with Crippen molar-refractivity contribution in [1.29, 1.82) is 0 Å². The quantitative estimate of drug-likeness (QED) is 0.895. The first-order valence-electron chi connectivity index (χ1n) is 5.88. The minimum atomic E-state index is 0.0890. The average molecular weight is 325 g/mol. The zero-order chi connectivity index (χ0) is 13.0. The average Bonchev–Trinajstić information content (AvgIpc) is 2.34. The summed E-state index contributed by atoms with van der Waals surface area (Å²) >= 11 is 9.59. The highest BCUT2D eigenvalue weighted by molar-refractivity contribution is 9.10. The third-order valence-corrected chi connectivity index (χ3v) is 3.68. The van der Waals surface area contributed by atoms with Gasteiger partial charge in [-0.25, -0.2) is 0 Å². The highest BCUT2D eigenvalue weighted by Gasteiger charge is 2.08. The van der Waals surface area contributed by atoms with Gasteiger partial charge < -0.3 is 5.73 Å². The molecule has 0 aliphatic heterocycles. The van der Waals surface area contributed by atoms with Gasteiger partial charge in [0.2, 0.25) is 0 Å². The first-order chi connectivity index (χ1) is 8.65. The molecule has 94 valence electrons. The van der Waals surface area contributed by atoms with Crippen molar-refractivity contribution in [2.45, 2.75) is 18.9 Å². The van der Waals surface area contributed by atoms with E-state index in [2.05, 4.69) is 28.1 Å². The van der Waals surface area contributed by atoms with E-state index in [9.17, 15) is 0 Å². The molecule has 2 aromatic carbocycles. The number of benzene rings is 2. The Morgan fingerprint density at radius 2 is 1.78 bits per heavy atom. The smallest absolute Gasteiger partial charge is 0.0449 e. The van der Waals surface area contributed by atoms with Gasteiger partial charge in [0.15, 0.2) is 0 Å². The van der Waals surface area contributed by atoms with Gasteiger partial charge in [0, 0.05) is 15.5 Å². The third kappa shape index (κ3) is 3.84. The molecule has 3 heteroatoms. The van der Waals surface area contributed by atoms with Crippen LogP contribution in [0.4, 0.5) is 0 Å². The van der Waals surface area contributed by atoms with Gasteiger partial charge in [0.05, 0.1) is 0 Å². The lowest BCUT2D eigenvalue weighted by Crippen LogP contribution is -2.25. The van der Waals surface area contributed by atoms with Gasteiger partial charge in [-0.1, -0.05) is 63.9 Å². The van der Waals surface area contributed by atoms with E-state index in [4.69, 9.17) is 17.3 Å². The highest BCUT2D eigenvalue weighted by atomic mass is 79.9. The van der Waals surface area contributed by atoms with Gasteiger partial charge >= 0.3 is 0 Å². The van der Waals surface area contributed by atoms with Crippen molar-refractivity contribution in [1.82, 2.24) is 0 Å². The van der Waals surface area contributed by atoms with Crippen LogP contribution in [0.3, 0.4) is 0 Å². The summed E-state index contributed by atoms with van der Waals surface area (Å²) in [5.41, 5.74) is 8.54. The summed E-state index contributed by atoms with van der Waals surface area (Å²) in [5.74, 6) is 0. The van der Waals surface area contributed by atoms with Crippen LogP contribution in [-0.2, 0) is 12.8 Å². The molecule has 0 aliphatic carbocycles. The summed E-state index contributed by atoms with van der Waals surface area (Å²) in [7, 11) is 0. The number of nitrogens with two attached hydrogens (primary N) is 1. The fraction of sp³-hybridized carbons (Fsp3) is 0.200. The maximum absolute atomic E-state index is 6.19. The predicted octanol–water partition coefficient (Wildman–Crippen LogP) is 4.22. The summed E-state index contributed by atoms with van der Waals surface area (Å²) in [6, 6.07) is 16.3. The Hall–Kier alpha value is -0.830. The molecule has 2 aromatic rings. The van der Waals surface area contributed by atoms with E-state index < -0.39 is 0 Å². The summed E-state index contributed by atoms with van der Waals surface area (Å²) in [4.78, 5) is 0. The van der Waals surface area contributed by atoms with Crippen molar-refractivity contribution >= 4 is 27.5 Å². The van der Waals surface area contributed by atoms with Crippen LogP contribution in [0.25, 0.3) is 0 Å². The first kappa shape index (κ1) is 13.6. The van der Waals surface area contributed by atoms with E-state index in [1.165, 1.54) is 5.56 Å². The number of hydrogen-bond acceptors (Lipinski definition) is 1. The normalized spacial score (nSPS) is 12.4. The standard InChI is InChI=1S/C15H15BrClN/c16-13-7-6-12(15(17)10-13)9-14(18)8-11-4-2-1-3-5-11/h1-7,10,14H,8-9,18H2. The summed E-state index contributed by atoms with van der Waals surface area (Å²) in [6.45, 7) is 0. The van der Waals surface area contributed by atoms with E-state index in [-0.39, 0.29) is 6.04 Å². The largest absolute Gasteiger partial charge is 0.327 e. The molecule has 0 spiro atoms. The van der Waals surface area contributed by atoms with Crippen LogP contribution in [0.15, 0.2) is 53.0 Å². The molecule has 1 unspecified atom stereocenters. The highest BCUT2D eigenvalue weighted by Crippen LogP contribution is 2.22. The molecule has 0 bridgehead atoms. The van der Waals surface area contributed by atoms with Gasteiger partial charge in [-0.15, -0.1) is 0 Å². The van der Waals surface area contributed by atoms with Crippen LogP contribution in [-0.4, -0.2) is 6.04 Å². The zero-order valence-corrected chi connectivity index (χ0v) is 12.3. The molecule has 18 heavy (non-hydrogen) atoms. The van der Waals surface area contributed by atoms with Gasteiger partial charge in [-0.3, -0.25) is 0 Å². The van der Waals surface area contributed by atoms with E-state index in [0.717, 1.165) is 27.9 Å². The van der Waals surface area contributed by atoms with Crippen molar-refractivity contribution in [2.75, 3.05) is 0 Å². The minimum absolute atomic E-state index is 0.0890. The topological polar surface area (TPSA) is 26.0 Å². The van der Waals surface area contributed by atoms with E-state index >= 15 is 0 Å². The molecule has 2 N–H and O–H groups in total. The Morgan fingerprint density at radius 3 is 2.44 bits per heavy atom. The second-order valence-corrected chi connectivity index (χ2v) is 5.71. The Labute approximate surface area is 121 Å². The third-order valence-electron chi connectivity index (χ3n) is 2.84. The lowest BCUT2D eigenvalue weighted by molar-refractivity contribution is 0.665. The Balaban J connectivity index is 2.01. The fourth-order valence-electron chi connectivity index (χ4n) is 1.96. The fourth-order valence-corrected chi connectivity index (χ4v) is 2.71. The molecule has 0 saturated heterocycles. The van der Waals surface area contributed by atoms with Crippen molar-refractivity contribution in [3.63, 3.8) is 0 Å². The second-order valence-electron chi connectivity index (χ2n) is 4.39. The van der Waals surface area contributed by atoms with Crippen LogP contribution < -0.4 is 5.73 Å². The predicted molar refractivity (Wildman–Crippen MR) is 81.0 cm³/mol. The van der Waals surface area contributed by atoms with Crippen molar-refractivity contribution in [3.05, 3.63) is 69.2 Å². The minimum Gasteiger partial charge on any atom is -0.327 e. The molecule has 1 atom stereocenters. The first-order valence-corrected chi connectivity index (χ1v) is 7.05. The number of rotatable bonds is 4. The van der Waals surface area contributed by atoms with Crippen LogP contribution in [0.2, 0.25) is 5.02 Å². The molecule has 2 rings (SSSR count). The lowest BCUT2D eigenvalue weighted by Gasteiger charge is -2.13. The molecule has 0 heterocycles. The van der Waals surface area contributed by atoms with Gasteiger partial charge in [-0.2, -0.15) is 0 Å². The Bertz CT molecular complexity index is 513. The van der Waals surface area contributed by atoms with Crippen molar-refractivity contribution in [2.24, 2.45) is 5.73 Å². The number of halogens is 2. The molecular weight excluding hydrogens is 310 g/mol.